The van der Waals surface area contributed by atoms with Crippen LogP contribution in [0.1, 0.15) is 24.3 Å². The van der Waals surface area contributed by atoms with Crippen LogP contribution in [-0.2, 0) is 9.84 Å². The molecular formula is C17H16N2O2S. The summed E-state index contributed by atoms with van der Waals surface area (Å²) in [5, 5.41) is 1.14. The van der Waals surface area contributed by atoms with Gasteiger partial charge >= 0.3 is 0 Å². The number of aromatic amines is 1. The molecule has 1 N–H and O–H groups in total. The lowest BCUT2D eigenvalue weighted by Gasteiger charge is -2.05. The molecule has 22 heavy (non-hydrogen) atoms. The smallest absolute Gasteiger partial charge is 0.175 e. The van der Waals surface area contributed by atoms with Gasteiger partial charge in [0.05, 0.1) is 4.90 Å². The van der Waals surface area contributed by atoms with Crippen LogP contribution in [-0.4, -0.2) is 24.6 Å². The van der Waals surface area contributed by atoms with Crippen LogP contribution in [0.25, 0.3) is 22.2 Å². The number of nitrogens with zero attached hydrogens (tertiary/aromatic N) is 1. The van der Waals surface area contributed by atoms with Crippen molar-refractivity contribution in [3.8, 4) is 11.1 Å². The van der Waals surface area contributed by atoms with Crippen molar-refractivity contribution in [2.75, 3.05) is 6.26 Å². The lowest BCUT2D eigenvalue weighted by molar-refractivity contribution is 0.602. The second-order valence-corrected chi connectivity index (χ2v) is 7.95. The minimum absolute atomic E-state index is 0.335. The topological polar surface area (TPSA) is 62.8 Å². The molecule has 1 aromatic carbocycles. The van der Waals surface area contributed by atoms with Crippen molar-refractivity contribution >= 4 is 20.9 Å². The number of nitrogens with one attached hydrogen (secondary N) is 1. The first-order valence-corrected chi connectivity index (χ1v) is 9.19. The fourth-order valence-corrected chi connectivity index (χ4v) is 3.49. The fourth-order valence-electron chi connectivity index (χ4n) is 2.82. The second-order valence-electron chi connectivity index (χ2n) is 5.94. The number of hydrogen-bond donors (Lipinski definition) is 1. The monoisotopic (exact) mass is 312 g/mol. The summed E-state index contributed by atoms with van der Waals surface area (Å²) >= 11 is 0. The highest BCUT2D eigenvalue weighted by molar-refractivity contribution is 7.90. The largest absolute Gasteiger partial charge is 0.346 e. The predicted octanol–water partition coefficient (Wildman–Crippen LogP) is 3.51. The van der Waals surface area contributed by atoms with Crippen LogP contribution in [0.15, 0.2) is 47.6 Å². The van der Waals surface area contributed by atoms with Gasteiger partial charge in [-0.2, -0.15) is 0 Å². The van der Waals surface area contributed by atoms with E-state index >= 15 is 0 Å². The van der Waals surface area contributed by atoms with Gasteiger partial charge in [0, 0.05) is 29.6 Å². The molecule has 1 fully saturated rings. The van der Waals surface area contributed by atoms with E-state index in [-0.39, 0.29) is 0 Å². The summed E-state index contributed by atoms with van der Waals surface area (Å²) in [4.78, 5) is 8.03. The van der Waals surface area contributed by atoms with Crippen LogP contribution in [0.4, 0.5) is 0 Å². The number of H-pyrrole nitrogens is 1. The zero-order valence-electron chi connectivity index (χ0n) is 12.2. The number of aromatic nitrogens is 2. The van der Waals surface area contributed by atoms with Crippen LogP contribution in [0, 0.1) is 0 Å². The second kappa shape index (κ2) is 4.68. The summed E-state index contributed by atoms with van der Waals surface area (Å²) in [6.45, 7) is 0. The SMILES string of the molecule is CS(=O)(=O)c1cccc(-c2cnc3[nH]cc(C4CC4)c3c2)c1. The third kappa shape index (κ3) is 2.31. The van der Waals surface area contributed by atoms with E-state index in [1.54, 1.807) is 24.4 Å². The molecular weight excluding hydrogens is 296 g/mol. The lowest BCUT2D eigenvalue weighted by atomic mass is 10.0. The average molecular weight is 312 g/mol. The molecule has 0 aliphatic heterocycles. The van der Waals surface area contributed by atoms with Crippen molar-refractivity contribution in [2.45, 2.75) is 23.7 Å². The molecule has 0 bridgehead atoms. The Bertz CT molecular complexity index is 969. The van der Waals surface area contributed by atoms with Crippen molar-refractivity contribution < 1.29 is 8.42 Å². The van der Waals surface area contributed by atoms with Gasteiger partial charge in [0.15, 0.2) is 9.84 Å². The fraction of sp³-hybridized carbons (Fsp3) is 0.235. The van der Waals surface area contributed by atoms with Gasteiger partial charge in [0.25, 0.3) is 0 Å². The number of fused-ring (bicyclic) bond motifs is 1. The van der Waals surface area contributed by atoms with Gasteiger partial charge in [-0.1, -0.05) is 12.1 Å². The van der Waals surface area contributed by atoms with E-state index < -0.39 is 9.84 Å². The van der Waals surface area contributed by atoms with Crippen molar-refractivity contribution in [3.63, 3.8) is 0 Å². The molecule has 1 aliphatic carbocycles. The van der Waals surface area contributed by atoms with Crippen molar-refractivity contribution in [3.05, 3.63) is 48.3 Å². The molecule has 0 atom stereocenters. The first kappa shape index (κ1) is 13.5. The highest BCUT2D eigenvalue weighted by Crippen LogP contribution is 2.43. The quantitative estimate of drug-likeness (QED) is 0.805. The van der Waals surface area contributed by atoms with Crippen LogP contribution in [0.5, 0.6) is 0 Å². The van der Waals surface area contributed by atoms with Gasteiger partial charge in [0.2, 0.25) is 0 Å². The molecule has 0 radical (unpaired) electrons. The Morgan fingerprint density at radius 2 is 2.00 bits per heavy atom. The maximum Gasteiger partial charge on any atom is 0.175 e. The lowest BCUT2D eigenvalue weighted by Crippen LogP contribution is -1.96. The molecule has 0 amide bonds. The number of pyridine rings is 1. The Morgan fingerprint density at radius 3 is 2.73 bits per heavy atom. The standard InChI is InChI=1S/C17H16N2O2S/c1-22(20,21)14-4-2-3-12(7-14)13-8-15-16(11-5-6-11)10-19-17(15)18-9-13/h2-4,7-11H,5-6H2,1H3,(H,18,19). The van der Waals surface area contributed by atoms with Crippen molar-refractivity contribution in [1.82, 2.24) is 9.97 Å². The Kier molecular flexibility index (Phi) is 2.87. The molecule has 2 aromatic heterocycles. The summed E-state index contributed by atoms with van der Waals surface area (Å²) in [7, 11) is -3.20. The molecule has 0 spiro atoms. The molecule has 0 saturated heterocycles. The minimum atomic E-state index is -3.20. The van der Waals surface area contributed by atoms with Crippen LogP contribution in [0.3, 0.4) is 0 Å². The maximum atomic E-state index is 11.7. The summed E-state index contributed by atoms with van der Waals surface area (Å²) < 4.78 is 23.4. The predicted molar refractivity (Wildman–Crippen MR) is 86.6 cm³/mol. The molecule has 3 aromatic rings. The molecule has 5 heteroatoms. The van der Waals surface area contributed by atoms with E-state index in [1.807, 2.05) is 12.3 Å². The zero-order chi connectivity index (χ0) is 15.3. The molecule has 2 heterocycles. The summed E-state index contributed by atoms with van der Waals surface area (Å²) in [5.74, 6) is 0.646. The normalized spacial score (nSPS) is 15.3. The molecule has 1 saturated carbocycles. The van der Waals surface area contributed by atoms with Crippen LogP contribution in [0.2, 0.25) is 0 Å². The van der Waals surface area contributed by atoms with E-state index in [0.29, 0.717) is 10.8 Å². The number of benzene rings is 1. The molecule has 4 nitrogen and oxygen atoms in total. The third-order valence-electron chi connectivity index (χ3n) is 4.18. The van der Waals surface area contributed by atoms with Gasteiger partial charge in [-0.05, 0) is 48.1 Å². The summed E-state index contributed by atoms with van der Waals surface area (Å²) in [6.07, 6.45) is 7.54. The maximum absolute atomic E-state index is 11.7. The highest BCUT2D eigenvalue weighted by atomic mass is 32.2. The first-order valence-electron chi connectivity index (χ1n) is 7.30. The van der Waals surface area contributed by atoms with Crippen LogP contribution >= 0.6 is 0 Å². The minimum Gasteiger partial charge on any atom is -0.346 e. The first-order chi connectivity index (χ1) is 10.5. The summed E-state index contributed by atoms with van der Waals surface area (Å²) in [5.41, 5.74) is 4.04. The van der Waals surface area contributed by atoms with Gasteiger partial charge in [-0.25, -0.2) is 13.4 Å². The van der Waals surface area contributed by atoms with E-state index in [4.69, 9.17) is 0 Å². The van der Waals surface area contributed by atoms with Crippen molar-refractivity contribution in [2.24, 2.45) is 0 Å². The average Bonchev–Trinajstić information content (AvgIpc) is 3.26. The molecule has 1 aliphatic rings. The highest BCUT2D eigenvalue weighted by Gasteiger charge is 2.26. The molecule has 112 valence electrons. The van der Waals surface area contributed by atoms with Gasteiger partial charge < -0.3 is 4.98 Å². The van der Waals surface area contributed by atoms with Gasteiger partial charge in [-0.15, -0.1) is 0 Å². The van der Waals surface area contributed by atoms with E-state index in [0.717, 1.165) is 22.2 Å². The summed E-state index contributed by atoms with van der Waals surface area (Å²) in [6, 6.07) is 9.13. The van der Waals surface area contributed by atoms with Crippen LogP contribution < -0.4 is 0 Å². The Labute approximate surface area is 129 Å². The van der Waals surface area contributed by atoms with E-state index in [9.17, 15) is 8.42 Å². The Balaban J connectivity index is 1.85. The number of sulfone groups is 1. The Morgan fingerprint density at radius 1 is 1.18 bits per heavy atom. The molecule has 4 rings (SSSR count). The van der Waals surface area contributed by atoms with Gasteiger partial charge in [0.1, 0.15) is 5.65 Å². The van der Waals surface area contributed by atoms with E-state index in [2.05, 4.69) is 16.0 Å². The van der Waals surface area contributed by atoms with E-state index in [1.165, 1.54) is 24.7 Å². The van der Waals surface area contributed by atoms with Crippen molar-refractivity contribution in [1.29, 1.82) is 0 Å². The number of rotatable bonds is 3. The third-order valence-corrected chi connectivity index (χ3v) is 5.29. The molecule has 0 unspecified atom stereocenters. The number of hydrogen-bond acceptors (Lipinski definition) is 3. The van der Waals surface area contributed by atoms with Gasteiger partial charge in [-0.3, -0.25) is 0 Å². The Hall–Kier alpha value is -2.14. The zero-order valence-corrected chi connectivity index (χ0v) is 13.0.